The molecule has 17 heavy (non-hydrogen) atoms. The number of hydrogen-bond acceptors (Lipinski definition) is 3. The monoisotopic (exact) mass is 227 g/mol. The molecule has 0 aliphatic carbocycles. The summed E-state index contributed by atoms with van der Waals surface area (Å²) in [5, 5.41) is 3.08. The zero-order valence-electron chi connectivity index (χ0n) is 10.3. The SMILES string of the molecule is CCCc1cc(NC)nc(-c2ccccc2)n1. The summed E-state index contributed by atoms with van der Waals surface area (Å²) in [4.78, 5) is 9.07. The van der Waals surface area contributed by atoms with Crippen LogP contribution in [0.2, 0.25) is 0 Å². The van der Waals surface area contributed by atoms with Gasteiger partial charge in [0, 0.05) is 24.4 Å². The fourth-order valence-corrected chi connectivity index (χ4v) is 1.73. The van der Waals surface area contributed by atoms with Gasteiger partial charge in [0.25, 0.3) is 0 Å². The third-order valence-corrected chi connectivity index (χ3v) is 2.57. The number of anilines is 1. The Balaban J connectivity index is 2.43. The van der Waals surface area contributed by atoms with Crippen molar-refractivity contribution in [3.8, 4) is 11.4 Å². The lowest BCUT2D eigenvalue weighted by Crippen LogP contribution is -2.00. The zero-order chi connectivity index (χ0) is 12.1. The molecule has 2 aromatic rings. The van der Waals surface area contributed by atoms with Crippen LogP contribution >= 0.6 is 0 Å². The van der Waals surface area contributed by atoms with Crippen LogP contribution in [-0.4, -0.2) is 17.0 Å². The van der Waals surface area contributed by atoms with Gasteiger partial charge in [-0.3, -0.25) is 0 Å². The van der Waals surface area contributed by atoms with E-state index >= 15 is 0 Å². The summed E-state index contributed by atoms with van der Waals surface area (Å²) in [5.41, 5.74) is 2.15. The molecule has 3 nitrogen and oxygen atoms in total. The van der Waals surface area contributed by atoms with Crippen LogP contribution in [0.3, 0.4) is 0 Å². The zero-order valence-corrected chi connectivity index (χ0v) is 10.3. The Morgan fingerprint density at radius 1 is 1.12 bits per heavy atom. The van der Waals surface area contributed by atoms with Gasteiger partial charge in [0.15, 0.2) is 5.82 Å². The molecule has 0 saturated carbocycles. The van der Waals surface area contributed by atoms with Crippen LogP contribution in [0.4, 0.5) is 5.82 Å². The summed E-state index contributed by atoms with van der Waals surface area (Å²) in [7, 11) is 1.88. The van der Waals surface area contributed by atoms with E-state index in [9.17, 15) is 0 Å². The predicted molar refractivity (Wildman–Crippen MR) is 71.0 cm³/mol. The molecule has 0 radical (unpaired) electrons. The third-order valence-electron chi connectivity index (χ3n) is 2.57. The lowest BCUT2D eigenvalue weighted by Gasteiger charge is -2.07. The summed E-state index contributed by atoms with van der Waals surface area (Å²) >= 11 is 0. The van der Waals surface area contributed by atoms with E-state index in [0.29, 0.717) is 0 Å². The van der Waals surface area contributed by atoms with Gasteiger partial charge in [-0.1, -0.05) is 43.7 Å². The lowest BCUT2D eigenvalue weighted by molar-refractivity contribution is 0.876. The fraction of sp³-hybridized carbons (Fsp3) is 0.286. The first-order valence-corrected chi connectivity index (χ1v) is 5.94. The average molecular weight is 227 g/mol. The van der Waals surface area contributed by atoms with E-state index in [1.807, 2.05) is 43.4 Å². The van der Waals surface area contributed by atoms with E-state index in [1.54, 1.807) is 0 Å². The van der Waals surface area contributed by atoms with Crippen LogP contribution in [0.15, 0.2) is 36.4 Å². The van der Waals surface area contributed by atoms with Crippen molar-refractivity contribution in [2.75, 3.05) is 12.4 Å². The van der Waals surface area contributed by atoms with Gasteiger partial charge in [-0.25, -0.2) is 9.97 Å². The Morgan fingerprint density at radius 2 is 1.88 bits per heavy atom. The second-order valence-corrected chi connectivity index (χ2v) is 3.93. The van der Waals surface area contributed by atoms with Crippen molar-refractivity contribution in [1.82, 2.24) is 9.97 Å². The maximum atomic E-state index is 4.59. The van der Waals surface area contributed by atoms with E-state index in [2.05, 4.69) is 22.2 Å². The van der Waals surface area contributed by atoms with Crippen LogP contribution < -0.4 is 5.32 Å². The normalized spacial score (nSPS) is 10.2. The molecule has 1 aromatic heterocycles. The molecular formula is C14H17N3. The molecule has 88 valence electrons. The van der Waals surface area contributed by atoms with Crippen molar-refractivity contribution in [2.24, 2.45) is 0 Å². The molecule has 0 saturated heterocycles. The van der Waals surface area contributed by atoms with Crippen molar-refractivity contribution in [1.29, 1.82) is 0 Å². The molecule has 0 unspecified atom stereocenters. The van der Waals surface area contributed by atoms with Gasteiger partial charge in [-0.15, -0.1) is 0 Å². The van der Waals surface area contributed by atoms with Gasteiger partial charge < -0.3 is 5.32 Å². The quantitative estimate of drug-likeness (QED) is 0.872. The molecule has 3 heteroatoms. The van der Waals surface area contributed by atoms with E-state index in [-0.39, 0.29) is 0 Å². The van der Waals surface area contributed by atoms with E-state index < -0.39 is 0 Å². The Labute approximate surface area is 102 Å². The lowest BCUT2D eigenvalue weighted by atomic mass is 10.2. The fourth-order valence-electron chi connectivity index (χ4n) is 1.73. The summed E-state index contributed by atoms with van der Waals surface area (Å²) in [6.07, 6.45) is 2.07. The topological polar surface area (TPSA) is 37.8 Å². The minimum absolute atomic E-state index is 0.793. The van der Waals surface area contributed by atoms with Crippen molar-refractivity contribution in [3.05, 3.63) is 42.1 Å². The third kappa shape index (κ3) is 2.81. The smallest absolute Gasteiger partial charge is 0.161 e. The minimum atomic E-state index is 0.793. The van der Waals surface area contributed by atoms with Crippen LogP contribution in [-0.2, 0) is 6.42 Å². The number of aromatic nitrogens is 2. The van der Waals surface area contributed by atoms with Crippen LogP contribution in [0.25, 0.3) is 11.4 Å². The molecule has 1 N–H and O–H groups in total. The van der Waals surface area contributed by atoms with Gasteiger partial charge in [0.2, 0.25) is 0 Å². The standard InChI is InChI=1S/C14H17N3/c1-3-7-12-10-13(15-2)17-14(16-12)11-8-5-4-6-9-11/h4-6,8-10H,3,7H2,1-2H3,(H,15,16,17). The molecule has 0 aliphatic heterocycles. The predicted octanol–water partition coefficient (Wildman–Crippen LogP) is 3.14. The van der Waals surface area contributed by atoms with Gasteiger partial charge in [0.1, 0.15) is 5.82 Å². The van der Waals surface area contributed by atoms with Crippen LogP contribution in [0, 0.1) is 0 Å². The molecule has 0 atom stereocenters. The molecule has 0 bridgehead atoms. The molecule has 1 heterocycles. The number of aryl methyl sites for hydroxylation is 1. The Morgan fingerprint density at radius 3 is 2.53 bits per heavy atom. The molecule has 0 amide bonds. The second kappa shape index (κ2) is 5.43. The van der Waals surface area contributed by atoms with Gasteiger partial charge >= 0.3 is 0 Å². The molecule has 1 aromatic carbocycles. The first-order chi connectivity index (χ1) is 8.33. The Hall–Kier alpha value is -1.90. The molecule has 0 fully saturated rings. The van der Waals surface area contributed by atoms with Gasteiger partial charge in [0.05, 0.1) is 0 Å². The first kappa shape index (κ1) is 11.6. The van der Waals surface area contributed by atoms with Gasteiger partial charge in [-0.2, -0.15) is 0 Å². The van der Waals surface area contributed by atoms with Crippen molar-refractivity contribution < 1.29 is 0 Å². The summed E-state index contributed by atoms with van der Waals surface area (Å²) in [5.74, 6) is 1.67. The number of rotatable bonds is 4. The Bertz CT molecular complexity index is 480. The Kier molecular flexibility index (Phi) is 3.70. The number of benzene rings is 1. The number of nitrogens with one attached hydrogen (secondary N) is 1. The number of nitrogens with zero attached hydrogens (tertiary/aromatic N) is 2. The van der Waals surface area contributed by atoms with Crippen molar-refractivity contribution in [3.63, 3.8) is 0 Å². The van der Waals surface area contributed by atoms with E-state index in [0.717, 1.165) is 35.7 Å². The highest BCUT2D eigenvalue weighted by molar-refractivity contribution is 5.57. The van der Waals surface area contributed by atoms with E-state index in [4.69, 9.17) is 0 Å². The van der Waals surface area contributed by atoms with Crippen molar-refractivity contribution >= 4 is 5.82 Å². The molecular weight excluding hydrogens is 210 g/mol. The molecule has 2 rings (SSSR count). The summed E-state index contributed by atoms with van der Waals surface area (Å²) in [6, 6.07) is 12.1. The summed E-state index contributed by atoms with van der Waals surface area (Å²) in [6.45, 7) is 2.16. The van der Waals surface area contributed by atoms with Crippen LogP contribution in [0.1, 0.15) is 19.0 Å². The highest BCUT2D eigenvalue weighted by atomic mass is 15.0. The maximum absolute atomic E-state index is 4.59. The second-order valence-electron chi connectivity index (χ2n) is 3.93. The first-order valence-electron chi connectivity index (χ1n) is 5.94. The maximum Gasteiger partial charge on any atom is 0.161 e. The minimum Gasteiger partial charge on any atom is -0.373 e. The average Bonchev–Trinajstić information content (AvgIpc) is 2.40. The largest absolute Gasteiger partial charge is 0.373 e. The molecule has 0 aliphatic rings. The van der Waals surface area contributed by atoms with E-state index in [1.165, 1.54) is 0 Å². The molecule has 0 spiro atoms. The van der Waals surface area contributed by atoms with Crippen LogP contribution in [0.5, 0.6) is 0 Å². The van der Waals surface area contributed by atoms with Gasteiger partial charge in [-0.05, 0) is 6.42 Å². The highest BCUT2D eigenvalue weighted by Gasteiger charge is 2.05. The van der Waals surface area contributed by atoms with Crippen molar-refractivity contribution in [2.45, 2.75) is 19.8 Å². The number of hydrogen-bond donors (Lipinski definition) is 1. The summed E-state index contributed by atoms with van der Waals surface area (Å²) < 4.78 is 0. The highest BCUT2D eigenvalue weighted by Crippen LogP contribution is 2.18.